The molecule has 0 saturated carbocycles. The Balaban J connectivity index is 1.47. The molecule has 2 saturated heterocycles. The molecule has 0 bridgehead atoms. The molecule has 2 aliphatic heterocycles. The van der Waals surface area contributed by atoms with Crippen LogP contribution in [0.5, 0.6) is 0 Å². The Kier molecular flexibility index (Phi) is 6.57. The minimum atomic E-state index is -4.14. The van der Waals surface area contributed by atoms with Crippen molar-refractivity contribution in [1.29, 1.82) is 0 Å². The number of anilines is 1. The molecule has 2 aromatic rings. The van der Waals surface area contributed by atoms with Crippen LogP contribution in [0.15, 0.2) is 59.5 Å². The number of para-hydroxylation sites is 1. The molecule has 0 aliphatic carbocycles. The molecule has 9 heteroatoms. The van der Waals surface area contributed by atoms with Crippen LogP contribution in [0.2, 0.25) is 0 Å². The number of amides is 2. The predicted molar refractivity (Wildman–Crippen MR) is 118 cm³/mol. The second-order valence-electron chi connectivity index (χ2n) is 8.18. The van der Waals surface area contributed by atoms with Crippen molar-refractivity contribution in [3.8, 4) is 0 Å². The van der Waals surface area contributed by atoms with Crippen molar-refractivity contribution >= 4 is 27.5 Å². The molecule has 2 unspecified atom stereocenters. The van der Waals surface area contributed by atoms with Crippen molar-refractivity contribution in [2.24, 2.45) is 5.92 Å². The number of piperidine rings is 1. The van der Waals surface area contributed by atoms with E-state index in [0.29, 0.717) is 37.9 Å². The van der Waals surface area contributed by atoms with Crippen LogP contribution in [0, 0.1) is 11.7 Å². The molecule has 7 nitrogen and oxygen atoms in total. The van der Waals surface area contributed by atoms with E-state index in [1.807, 2.05) is 18.2 Å². The molecule has 1 N–H and O–H groups in total. The van der Waals surface area contributed by atoms with Gasteiger partial charge in [-0.25, -0.2) is 12.8 Å². The minimum Gasteiger partial charge on any atom is -0.341 e. The standard InChI is InChI=1S/C23H26FN3O4S/c24-19-11-4-5-13-21(19)32(30,31)27-15-7-12-20(27)23(29)26-14-6-8-17(16-26)22(28)25-18-9-2-1-3-10-18/h1-5,9-11,13,17,20H,6-8,12,14-16H2,(H,25,28). The van der Waals surface area contributed by atoms with E-state index >= 15 is 0 Å². The number of nitrogens with one attached hydrogen (secondary N) is 1. The van der Waals surface area contributed by atoms with Crippen LogP contribution in [0.4, 0.5) is 10.1 Å². The van der Waals surface area contributed by atoms with Gasteiger partial charge in [-0.2, -0.15) is 4.31 Å². The highest BCUT2D eigenvalue weighted by atomic mass is 32.2. The lowest BCUT2D eigenvalue weighted by atomic mass is 9.96. The van der Waals surface area contributed by atoms with Crippen LogP contribution in [0.3, 0.4) is 0 Å². The van der Waals surface area contributed by atoms with Gasteiger partial charge < -0.3 is 10.2 Å². The maximum absolute atomic E-state index is 14.2. The van der Waals surface area contributed by atoms with Gasteiger partial charge >= 0.3 is 0 Å². The Morgan fingerprint density at radius 2 is 1.62 bits per heavy atom. The quantitative estimate of drug-likeness (QED) is 0.745. The number of benzene rings is 2. The van der Waals surface area contributed by atoms with Crippen molar-refractivity contribution in [2.45, 2.75) is 36.6 Å². The highest BCUT2D eigenvalue weighted by Gasteiger charge is 2.43. The molecule has 4 rings (SSSR count). The van der Waals surface area contributed by atoms with Crippen LogP contribution in [-0.2, 0) is 19.6 Å². The summed E-state index contributed by atoms with van der Waals surface area (Å²) in [6, 6.07) is 13.4. The van der Waals surface area contributed by atoms with Crippen LogP contribution in [0.25, 0.3) is 0 Å². The molecule has 170 valence electrons. The van der Waals surface area contributed by atoms with Crippen LogP contribution in [-0.4, -0.2) is 55.1 Å². The van der Waals surface area contributed by atoms with E-state index in [1.54, 1.807) is 17.0 Å². The SMILES string of the molecule is O=C(Nc1ccccc1)C1CCCN(C(=O)C2CCCN2S(=O)(=O)c2ccccc2F)C1. The van der Waals surface area contributed by atoms with Gasteiger partial charge in [0.1, 0.15) is 16.8 Å². The fourth-order valence-corrected chi connectivity index (χ4v) is 6.14. The summed E-state index contributed by atoms with van der Waals surface area (Å²) in [6.45, 7) is 0.873. The first-order chi connectivity index (χ1) is 15.4. The van der Waals surface area contributed by atoms with Gasteiger partial charge in [0, 0.05) is 25.3 Å². The number of hydrogen-bond donors (Lipinski definition) is 1. The number of halogens is 1. The zero-order valence-electron chi connectivity index (χ0n) is 17.6. The van der Waals surface area contributed by atoms with Gasteiger partial charge in [0.05, 0.1) is 5.92 Å². The third kappa shape index (κ3) is 4.54. The van der Waals surface area contributed by atoms with Gasteiger partial charge in [0.2, 0.25) is 21.8 Å². The molecule has 2 heterocycles. The van der Waals surface area contributed by atoms with E-state index in [0.717, 1.165) is 10.4 Å². The molecule has 2 amide bonds. The van der Waals surface area contributed by atoms with Crippen molar-refractivity contribution in [3.63, 3.8) is 0 Å². The third-order valence-electron chi connectivity index (χ3n) is 6.06. The molecule has 2 aliphatic rings. The average Bonchev–Trinajstić information content (AvgIpc) is 3.30. The number of sulfonamides is 1. The molecule has 0 spiro atoms. The van der Waals surface area contributed by atoms with Gasteiger partial charge in [-0.1, -0.05) is 30.3 Å². The van der Waals surface area contributed by atoms with Gasteiger partial charge in [-0.3, -0.25) is 9.59 Å². The highest BCUT2D eigenvalue weighted by molar-refractivity contribution is 7.89. The minimum absolute atomic E-state index is 0.157. The summed E-state index contributed by atoms with van der Waals surface area (Å²) >= 11 is 0. The van der Waals surface area contributed by atoms with Crippen molar-refractivity contribution in [1.82, 2.24) is 9.21 Å². The fraction of sp³-hybridized carbons (Fsp3) is 0.391. The van der Waals surface area contributed by atoms with Crippen LogP contribution >= 0.6 is 0 Å². The first-order valence-corrected chi connectivity index (χ1v) is 12.2. The maximum Gasteiger partial charge on any atom is 0.246 e. The Morgan fingerprint density at radius 1 is 0.938 bits per heavy atom. The third-order valence-corrected chi connectivity index (χ3v) is 8.00. The van der Waals surface area contributed by atoms with Gasteiger partial charge in [-0.15, -0.1) is 0 Å². The van der Waals surface area contributed by atoms with E-state index in [-0.39, 0.29) is 30.8 Å². The van der Waals surface area contributed by atoms with Crippen LogP contribution in [0.1, 0.15) is 25.7 Å². The molecule has 2 fully saturated rings. The van der Waals surface area contributed by atoms with E-state index < -0.39 is 26.8 Å². The smallest absolute Gasteiger partial charge is 0.246 e. The van der Waals surface area contributed by atoms with Crippen LogP contribution < -0.4 is 5.32 Å². The fourth-order valence-electron chi connectivity index (χ4n) is 4.42. The van der Waals surface area contributed by atoms with E-state index in [9.17, 15) is 22.4 Å². The summed E-state index contributed by atoms with van der Waals surface area (Å²) in [6.07, 6.45) is 2.22. The number of hydrogen-bond acceptors (Lipinski definition) is 4. The zero-order chi connectivity index (χ0) is 22.7. The topological polar surface area (TPSA) is 86.8 Å². The molecule has 32 heavy (non-hydrogen) atoms. The molecular formula is C23H26FN3O4S. The largest absolute Gasteiger partial charge is 0.341 e. The molecule has 0 aromatic heterocycles. The van der Waals surface area contributed by atoms with E-state index in [1.165, 1.54) is 18.2 Å². The van der Waals surface area contributed by atoms with Gasteiger partial charge in [0.15, 0.2) is 0 Å². The summed E-state index contributed by atoms with van der Waals surface area (Å²) in [5, 5.41) is 2.88. The maximum atomic E-state index is 14.2. The van der Waals surface area contributed by atoms with E-state index in [4.69, 9.17) is 0 Å². The van der Waals surface area contributed by atoms with Crippen molar-refractivity contribution < 1.29 is 22.4 Å². The van der Waals surface area contributed by atoms with Gasteiger partial charge in [-0.05, 0) is 49.9 Å². The summed E-state index contributed by atoms with van der Waals surface area (Å²) in [5.41, 5.74) is 0.693. The Hall–Kier alpha value is -2.78. The predicted octanol–water partition coefficient (Wildman–Crippen LogP) is 2.86. The summed E-state index contributed by atoms with van der Waals surface area (Å²) in [7, 11) is -4.14. The molecule has 2 atom stereocenters. The number of carbonyl (C=O) groups excluding carboxylic acids is 2. The number of likely N-dealkylation sites (tertiary alicyclic amines) is 1. The summed E-state index contributed by atoms with van der Waals surface area (Å²) in [4.78, 5) is 27.2. The lowest BCUT2D eigenvalue weighted by Gasteiger charge is -2.35. The Morgan fingerprint density at radius 3 is 2.38 bits per heavy atom. The first-order valence-electron chi connectivity index (χ1n) is 10.8. The number of rotatable bonds is 5. The second kappa shape index (κ2) is 9.38. The molecule has 2 aromatic carbocycles. The summed E-state index contributed by atoms with van der Waals surface area (Å²) < 4.78 is 41.5. The Bertz CT molecular complexity index is 1090. The Labute approximate surface area is 187 Å². The number of nitrogens with zero attached hydrogens (tertiary/aromatic N) is 2. The highest BCUT2D eigenvalue weighted by Crippen LogP contribution is 2.30. The summed E-state index contributed by atoms with van der Waals surface area (Å²) in [5.74, 6) is -1.68. The van der Waals surface area contributed by atoms with Crippen molar-refractivity contribution in [3.05, 3.63) is 60.4 Å². The van der Waals surface area contributed by atoms with Crippen molar-refractivity contribution in [2.75, 3.05) is 25.0 Å². The van der Waals surface area contributed by atoms with E-state index in [2.05, 4.69) is 5.32 Å². The first kappa shape index (κ1) is 22.4. The normalized spacial score (nSPS) is 22.0. The second-order valence-corrected chi connectivity index (χ2v) is 10.0. The van der Waals surface area contributed by atoms with Gasteiger partial charge in [0.25, 0.3) is 0 Å². The monoisotopic (exact) mass is 459 g/mol. The molecular weight excluding hydrogens is 433 g/mol. The lowest BCUT2D eigenvalue weighted by Crippen LogP contribution is -2.51. The zero-order valence-corrected chi connectivity index (χ0v) is 18.4. The average molecular weight is 460 g/mol. The number of carbonyl (C=O) groups is 2. The molecule has 0 radical (unpaired) electrons. The lowest BCUT2D eigenvalue weighted by molar-refractivity contribution is -0.137.